The average Bonchev–Trinajstić information content (AvgIpc) is 2.65. The molecule has 0 aromatic rings. The average molecular weight is 263 g/mol. The second kappa shape index (κ2) is 5.82. The molecule has 0 aromatic heterocycles. The van der Waals surface area contributed by atoms with Gasteiger partial charge in [-0.1, -0.05) is 13.8 Å². The second-order valence-corrected chi connectivity index (χ2v) is 6.68. The summed E-state index contributed by atoms with van der Waals surface area (Å²) in [5.74, 6) is 0.107. The molecule has 5 nitrogen and oxygen atoms in total. The quantitative estimate of drug-likeness (QED) is 0.768. The van der Waals surface area contributed by atoms with Crippen LogP contribution in [0.3, 0.4) is 0 Å². The topological polar surface area (TPSA) is 74.7 Å². The Bertz CT molecular complexity index is 362. The van der Waals surface area contributed by atoms with Gasteiger partial charge >= 0.3 is 0 Å². The van der Waals surface area contributed by atoms with Crippen LogP contribution in [0, 0.1) is 0 Å². The molecule has 0 aromatic carbocycles. The van der Waals surface area contributed by atoms with Crippen molar-refractivity contribution >= 4 is 15.7 Å². The lowest BCUT2D eigenvalue weighted by Gasteiger charge is -2.34. The van der Waals surface area contributed by atoms with Crippen molar-refractivity contribution in [3.05, 3.63) is 0 Å². The molecule has 1 aliphatic rings. The lowest BCUT2D eigenvalue weighted by molar-refractivity contribution is -0.136. The van der Waals surface area contributed by atoms with E-state index in [0.717, 1.165) is 0 Å². The zero-order valence-corrected chi connectivity index (χ0v) is 11.2. The molecule has 1 aliphatic heterocycles. The molecule has 1 N–H and O–H groups in total. The molecule has 1 heterocycles. The summed E-state index contributed by atoms with van der Waals surface area (Å²) in [7, 11) is -3.01. The molecule has 0 bridgehead atoms. The predicted octanol–water partition coefficient (Wildman–Crippen LogP) is 0.183. The Morgan fingerprint density at radius 2 is 2.12 bits per heavy atom. The van der Waals surface area contributed by atoms with Gasteiger partial charge in [0.1, 0.15) is 0 Å². The van der Waals surface area contributed by atoms with Crippen molar-refractivity contribution in [1.29, 1.82) is 0 Å². The third-order valence-electron chi connectivity index (χ3n) is 3.27. The first kappa shape index (κ1) is 14.4. The van der Waals surface area contributed by atoms with Gasteiger partial charge in [-0.15, -0.1) is 0 Å². The minimum atomic E-state index is -3.01. The number of hydrogen-bond donors (Lipinski definition) is 1. The second-order valence-electron chi connectivity index (χ2n) is 4.46. The minimum absolute atomic E-state index is 0.0369. The van der Waals surface area contributed by atoms with E-state index < -0.39 is 9.84 Å². The van der Waals surface area contributed by atoms with E-state index in [1.54, 1.807) is 11.8 Å². The molecule has 6 heteroatoms. The number of hydrogen-bond acceptors (Lipinski definition) is 4. The molecule has 100 valence electrons. The van der Waals surface area contributed by atoms with Crippen LogP contribution in [0.1, 0.15) is 33.1 Å². The van der Waals surface area contributed by atoms with Gasteiger partial charge in [-0.3, -0.25) is 4.79 Å². The van der Waals surface area contributed by atoms with Crippen molar-refractivity contribution < 1.29 is 18.3 Å². The van der Waals surface area contributed by atoms with E-state index in [9.17, 15) is 18.3 Å². The standard InChI is InChI=1S/C11H21NO4S/c1-3-9(7-13)12(11(14)4-2)10-5-6-17(15,16)8-10/h9-10,13H,3-8H2,1-2H3/t9-,10-/m1/s1. The number of nitrogens with zero attached hydrogens (tertiary/aromatic N) is 1. The summed E-state index contributed by atoms with van der Waals surface area (Å²) in [4.78, 5) is 13.5. The third-order valence-corrected chi connectivity index (χ3v) is 5.02. The van der Waals surface area contributed by atoms with Gasteiger partial charge in [-0.05, 0) is 12.8 Å². The third kappa shape index (κ3) is 3.42. The van der Waals surface area contributed by atoms with Crippen LogP contribution < -0.4 is 0 Å². The van der Waals surface area contributed by atoms with E-state index in [1.165, 1.54) is 0 Å². The maximum Gasteiger partial charge on any atom is 0.222 e. The summed E-state index contributed by atoms with van der Waals surface area (Å²) in [6, 6.07) is -0.523. The monoisotopic (exact) mass is 263 g/mol. The number of aliphatic hydroxyl groups excluding tert-OH is 1. The van der Waals surface area contributed by atoms with Crippen molar-refractivity contribution in [2.45, 2.75) is 45.2 Å². The van der Waals surface area contributed by atoms with Crippen molar-refractivity contribution in [1.82, 2.24) is 4.90 Å². The molecule has 1 saturated heterocycles. The molecule has 0 aliphatic carbocycles. The molecule has 0 radical (unpaired) electrons. The first-order valence-electron chi connectivity index (χ1n) is 6.07. The van der Waals surface area contributed by atoms with Crippen LogP contribution in [0.5, 0.6) is 0 Å². The van der Waals surface area contributed by atoms with Crippen molar-refractivity contribution in [2.75, 3.05) is 18.1 Å². The fourth-order valence-electron chi connectivity index (χ4n) is 2.30. The maximum atomic E-state index is 11.9. The molecular formula is C11H21NO4S. The van der Waals surface area contributed by atoms with Crippen LogP contribution in [0.4, 0.5) is 0 Å². The Morgan fingerprint density at radius 1 is 1.47 bits per heavy atom. The van der Waals surface area contributed by atoms with Gasteiger partial charge in [0.05, 0.1) is 24.2 Å². The van der Waals surface area contributed by atoms with E-state index in [-0.39, 0.29) is 36.1 Å². The Hall–Kier alpha value is -0.620. The van der Waals surface area contributed by atoms with Gasteiger partial charge in [0.2, 0.25) is 5.91 Å². The number of sulfone groups is 1. The van der Waals surface area contributed by atoms with Gasteiger partial charge in [0, 0.05) is 12.5 Å². The van der Waals surface area contributed by atoms with E-state index in [4.69, 9.17) is 0 Å². The largest absolute Gasteiger partial charge is 0.394 e. The highest BCUT2D eigenvalue weighted by Crippen LogP contribution is 2.22. The first-order valence-corrected chi connectivity index (χ1v) is 7.89. The number of aliphatic hydroxyl groups is 1. The highest BCUT2D eigenvalue weighted by Gasteiger charge is 2.36. The maximum absolute atomic E-state index is 11.9. The van der Waals surface area contributed by atoms with Gasteiger partial charge < -0.3 is 10.0 Å². The Labute approximate surface area is 103 Å². The molecule has 0 unspecified atom stereocenters. The molecule has 2 atom stereocenters. The zero-order chi connectivity index (χ0) is 13.1. The SMILES string of the molecule is CCC(=O)N([C@H](CC)CO)[C@@H]1CCS(=O)(=O)C1. The molecule has 0 spiro atoms. The van der Waals surface area contributed by atoms with Crippen LogP contribution in [-0.4, -0.2) is 54.5 Å². The number of carbonyl (C=O) groups is 1. The Kier molecular flexibility index (Phi) is 4.94. The van der Waals surface area contributed by atoms with Gasteiger partial charge in [0.25, 0.3) is 0 Å². The summed E-state index contributed by atoms with van der Waals surface area (Å²) >= 11 is 0. The van der Waals surface area contributed by atoms with E-state index in [0.29, 0.717) is 19.3 Å². The van der Waals surface area contributed by atoms with Crippen LogP contribution in [0.15, 0.2) is 0 Å². The fraction of sp³-hybridized carbons (Fsp3) is 0.909. The minimum Gasteiger partial charge on any atom is -0.394 e. The van der Waals surface area contributed by atoms with E-state index in [1.807, 2.05) is 6.92 Å². The lowest BCUT2D eigenvalue weighted by atomic mass is 10.1. The molecule has 17 heavy (non-hydrogen) atoms. The summed E-state index contributed by atoms with van der Waals surface area (Å²) < 4.78 is 22.9. The summed E-state index contributed by atoms with van der Waals surface area (Å²) in [6.07, 6.45) is 1.47. The van der Waals surface area contributed by atoms with E-state index >= 15 is 0 Å². The predicted molar refractivity (Wildman–Crippen MR) is 65.4 cm³/mol. The van der Waals surface area contributed by atoms with Gasteiger partial charge in [0.15, 0.2) is 9.84 Å². The van der Waals surface area contributed by atoms with Gasteiger partial charge in [-0.2, -0.15) is 0 Å². The van der Waals surface area contributed by atoms with Crippen molar-refractivity contribution in [3.63, 3.8) is 0 Å². The highest BCUT2D eigenvalue weighted by atomic mass is 32.2. The number of carbonyl (C=O) groups excluding carboxylic acids is 1. The van der Waals surface area contributed by atoms with E-state index in [2.05, 4.69) is 0 Å². The van der Waals surface area contributed by atoms with Crippen LogP contribution in [0.2, 0.25) is 0 Å². The van der Waals surface area contributed by atoms with Gasteiger partial charge in [-0.25, -0.2) is 8.42 Å². The summed E-state index contributed by atoms with van der Waals surface area (Å²) in [5, 5.41) is 9.29. The molecule has 1 fully saturated rings. The summed E-state index contributed by atoms with van der Waals surface area (Å²) in [6.45, 7) is 3.53. The fourth-order valence-corrected chi connectivity index (χ4v) is 4.01. The zero-order valence-electron chi connectivity index (χ0n) is 10.4. The summed E-state index contributed by atoms with van der Waals surface area (Å²) in [5.41, 5.74) is 0. The van der Waals surface area contributed by atoms with Crippen molar-refractivity contribution in [3.8, 4) is 0 Å². The first-order chi connectivity index (χ1) is 7.95. The smallest absolute Gasteiger partial charge is 0.222 e. The number of rotatable bonds is 5. The molecular weight excluding hydrogens is 242 g/mol. The molecule has 1 amide bonds. The molecule has 1 rings (SSSR count). The highest BCUT2D eigenvalue weighted by molar-refractivity contribution is 7.91. The van der Waals surface area contributed by atoms with Crippen LogP contribution in [0.25, 0.3) is 0 Å². The lowest BCUT2D eigenvalue weighted by Crippen LogP contribution is -2.49. The van der Waals surface area contributed by atoms with Crippen LogP contribution in [-0.2, 0) is 14.6 Å². The number of amides is 1. The van der Waals surface area contributed by atoms with Crippen LogP contribution >= 0.6 is 0 Å². The Balaban J connectivity index is 2.87. The van der Waals surface area contributed by atoms with Crippen molar-refractivity contribution in [2.24, 2.45) is 0 Å². The Morgan fingerprint density at radius 3 is 2.47 bits per heavy atom. The normalized spacial score (nSPS) is 24.5. The molecule has 0 saturated carbocycles.